The normalized spacial score (nSPS) is 11.6. The number of nitrogens with one attached hydrogen (secondary N) is 1. The van der Waals surface area contributed by atoms with Gasteiger partial charge in [-0.3, -0.25) is 0 Å². The van der Waals surface area contributed by atoms with Gasteiger partial charge in [0.1, 0.15) is 0 Å². The number of para-hydroxylation sites is 1. The second-order valence-electron chi connectivity index (χ2n) is 6.54. The molecule has 0 spiro atoms. The Bertz CT molecular complexity index is 388. The van der Waals surface area contributed by atoms with Gasteiger partial charge in [-0.15, -0.1) is 0 Å². The van der Waals surface area contributed by atoms with Crippen molar-refractivity contribution in [1.29, 1.82) is 0 Å². The molecule has 1 aromatic carbocycles. The van der Waals surface area contributed by atoms with E-state index in [4.69, 9.17) is 8.85 Å². The highest BCUT2D eigenvalue weighted by Crippen LogP contribution is 2.21. The van der Waals surface area contributed by atoms with Crippen molar-refractivity contribution < 1.29 is 8.85 Å². The summed E-state index contributed by atoms with van der Waals surface area (Å²) in [6.07, 6.45) is 10.6. The summed E-state index contributed by atoms with van der Waals surface area (Å²) in [7, 11) is 1.78. The van der Waals surface area contributed by atoms with Crippen LogP contribution in [0, 0.1) is 0 Å². The summed E-state index contributed by atoms with van der Waals surface area (Å²) in [6.45, 7) is 3.27. The number of hydrogen-bond donors (Lipinski definition) is 1. The lowest BCUT2D eigenvalue weighted by molar-refractivity contribution is 0.241. The van der Waals surface area contributed by atoms with Crippen molar-refractivity contribution in [2.24, 2.45) is 0 Å². The van der Waals surface area contributed by atoms with E-state index in [1.165, 1.54) is 57.1 Å². The summed E-state index contributed by atoms with van der Waals surface area (Å²) in [4.78, 5) is 0. The van der Waals surface area contributed by atoms with Crippen LogP contribution in [0.25, 0.3) is 0 Å². The number of hydrogen-bond acceptors (Lipinski definition) is 3. The summed E-state index contributed by atoms with van der Waals surface area (Å²) < 4.78 is 11.3. The van der Waals surface area contributed by atoms with Gasteiger partial charge in [0.05, 0.1) is 0 Å². The molecule has 138 valence electrons. The van der Waals surface area contributed by atoms with Gasteiger partial charge in [0.25, 0.3) is 0 Å². The number of rotatable bonds is 15. The van der Waals surface area contributed by atoms with Gasteiger partial charge in [0.15, 0.2) is 0 Å². The highest BCUT2D eigenvalue weighted by atomic mass is 28.4. The lowest BCUT2D eigenvalue weighted by atomic mass is 10.1. The van der Waals surface area contributed by atoms with Crippen LogP contribution in [0.5, 0.6) is 0 Å². The summed E-state index contributed by atoms with van der Waals surface area (Å²) >= 11 is 0. The number of anilines is 1. The highest BCUT2D eigenvalue weighted by molar-refractivity contribution is 6.67. The molecule has 0 saturated heterocycles. The lowest BCUT2D eigenvalue weighted by Gasteiger charge is -2.25. The summed E-state index contributed by atoms with van der Waals surface area (Å²) in [5, 5.41) is 3.47. The molecular formula is C20H37NO2Si. The van der Waals surface area contributed by atoms with Crippen LogP contribution in [0.2, 0.25) is 12.1 Å². The maximum Gasteiger partial charge on any atom is 0.337 e. The topological polar surface area (TPSA) is 30.5 Å². The highest BCUT2D eigenvalue weighted by Gasteiger charge is 2.32. The second-order valence-corrected chi connectivity index (χ2v) is 10.4. The molecule has 24 heavy (non-hydrogen) atoms. The molecule has 3 nitrogen and oxygen atoms in total. The van der Waals surface area contributed by atoms with Crippen LogP contribution in [-0.2, 0) is 8.85 Å². The molecule has 0 saturated carbocycles. The molecule has 0 bridgehead atoms. The molecule has 0 aliphatic carbocycles. The van der Waals surface area contributed by atoms with E-state index in [9.17, 15) is 0 Å². The van der Waals surface area contributed by atoms with Gasteiger partial charge in [0.2, 0.25) is 0 Å². The minimum atomic E-state index is -1.84. The van der Waals surface area contributed by atoms with Crippen molar-refractivity contribution in [3.63, 3.8) is 0 Å². The van der Waals surface area contributed by atoms with Gasteiger partial charge in [-0.05, 0) is 30.6 Å². The standard InChI is InChI=1S/C20H37NO2Si/c1-4-24(22-2,23-3)19-15-10-8-6-5-7-9-14-18-21-20-16-12-11-13-17-20/h11-13,16-17,21H,4-10,14-15,18-19H2,1-3H3. The molecular weight excluding hydrogens is 314 g/mol. The fourth-order valence-corrected chi connectivity index (χ4v) is 5.42. The molecule has 0 atom stereocenters. The van der Waals surface area contributed by atoms with Gasteiger partial charge in [-0.1, -0.05) is 70.1 Å². The molecule has 0 aliphatic heterocycles. The Hall–Kier alpha value is -0.843. The molecule has 1 rings (SSSR count). The predicted molar refractivity (Wildman–Crippen MR) is 107 cm³/mol. The largest absolute Gasteiger partial charge is 0.398 e. The van der Waals surface area contributed by atoms with E-state index >= 15 is 0 Å². The fraction of sp³-hybridized carbons (Fsp3) is 0.700. The Morgan fingerprint density at radius 3 is 1.88 bits per heavy atom. The van der Waals surface area contributed by atoms with E-state index in [-0.39, 0.29) is 0 Å². The molecule has 0 aliphatic rings. The third-order valence-corrected chi connectivity index (χ3v) is 8.55. The van der Waals surface area contributed by atoms with Gasteiger partial charge in [0, 0.05) is 26.5 Å². The molecule has 0 aromatic heterocycles. The maximum absolute atomic E-state index is 5.66. The van der Waals surface area contributed by atoms with Crippen molar-refractivity contribution >= 4 is 14.2 Å². The first-order chi connectivity index (χ1) is 11.8. The molecule has 1 aromatic rings. The minimum Gasteiger partial charge on any atom is -0.398 e. The average molecular weight is 352 g/mol. The molecule has 0 heterocycles. The first-order valence-electron chi connectivity index (χ1n) is 9.65. The quantitative estimate of drug-likeness (QED) is 0.312. The Morgan fingerprint density at radius 1 is 0.792 bits per heavy atom. The van der Waals surface area contributed by atoms with Crippen LogP contribution in [0.4, 0.5) is 5.69 Å². The zero-order valence-corrected chi connectivity index (χ0v) is 17.0. The van der Waals surface area contributed by atoms with Crippen LogP contribution in [0.1, 0.15) is 58.3 Å². The fourth-order valence-electron chi connectivity index (χ4n) is 3.12. The van der Waals surface area contributed by atoms with E-state index in [2.05, 4.69) is 42.6 Å². The Morgan fingerprint density at radius 2 is 1.33 bits per heavy atom. The van der Waals surface area contributed by atoms with Crippen LogP contribution < -0.4 is 5.32 Å². The molecule has 4 heteroatoms. The zero-order valence-electron chi connectivity index (χ0n) is 16.0. The molecule has 1 N–H and O–H groups in total. The Balaban J connectivity index is 1.88. The van der Waals surface area contributed by atoms with Gasteiger partial charge < -0.3 is 14.2 Å². The third kappa shape index (κ3) is 8.86. The summed E-state index contributed by atoms with van der Waals surface area (Å²) in [5.41, 5.74) is 1.23. The van der Waals surface area contributed by atoms with Crippen LogP contribution in [0.3, 0.4) is 0 Å². The van der Waals surface area contributed by atoms with E-state index in [0.29, 0.717) is 0 Å². The Labute approximate surface area is 150 Å². The monoisotopic (exact) mass is 351 g/mol. The summed E-state index contributed by atoms with van der Waals surface area (Å²) in [5.74, 6) is 0. The van der Waals surface area contributed by atoms with Crippen LogP contribution in [-0.4, -0.2) is 29.3 Å². The second kappa shape index (κ2) is 13.4. The van der Waals surface area contributed by atoms with Gasteiger partial charge in [-0.25, -0.2) is 0 Å². The molecule has 0 unspecified atom stereocenters. The minimum absolute atomic E-state index is 1.05. The first-order valence-corrected chi connectivity index (χ1v) is 11.9. The van der Waals surface area contributed by atoms with Crippen molar-refractivity contribution in [3.05, 3.63) is 30.3 Å². The smallest absolute Gasteiger partial charge is 0.337 e. The molecule has 0 fully saturated rings. The lowest BCUT2D eigenvalue weighted by Crippen LogP contribution is -2.38. The average Bonchev–Trinajstić information content (AvgIpc) is 2.64. The van der Waals surface area contributed by atoms with Crippen molar-refractivity contribution in [2.45, 2.75) is 70.4 Å². The number of benzene rings is 1. The van der Waals surface area contributed by atoms with Crippen molar-refractivity contribution in [1.82, 2.24) is 0 Å². The van der Waals surface area contributed by atoms with E-state index in [0.717, 1.165) is 18.6 Å². The van der Waals surface area contributed by atoms with Gasteiger partial charge >= 0.3 is 8.56 Å². The zero-order chi connectivity index (χ0) is 17.5. The number of unbranched alkanes of at least 4 members (excludes halogenated alkanes) is 7. The molecule has 0 amide bonds. The molecule has 0 radical (unpaired) electrons. The van der Waals surface area contributed by atoms with Crippen LogP contribution in [0.15, 0.2) is 30.3 Å². The third-order valence-electron chi connectivity index (χ3n) is 4.87. The van der Waals surface area contributed by atoms with E-state index in [1.54, 1.807) is 0 Å². The van der Waals surface area contributed by atoms with E-state index in [1.807, 2.05) is 14.2 Å². The Kier molecular flexibility index (Phi) is 11.9. The SMILES string of the molecule is CC[Si](CCCCCCCCCCNc1ccccc1)(OC)OC. The summed E-state index contributed by atoms with van der Waals surface area (Å²) in [6, 6.07) is 12.7. The van der Waals surface area contributed by atoms with Crippen molar-refractivity contribution in [2.75, 3.05) is 26.1 Å². The maximum atomic E-state index is 5.66. The van der Waals surface area contributed by atoms with E-state index < -0.39 is 8.56 Å². The van der Waals surface area contributed by atoms with Gasteiger partial charge in [-0.2, -0.15) is 0 Å². The van der Waals surface area contributed by atoms with Crippen molar-refractivity contribution in [3.8, 4) is 0 Å². The first kappa shape index (κ1) is 21.2. The predicted octanol–water partition coefficient (Wildman–Crippen LogP) is 5.97. The van der Waals surface area contributed by atoms with Crippen LogP contribution >= 0.6 is 0 Å².